The van der Waals surface area contributed by atoms with E-state index in [0.717, 1.165) is 11.8 Å². The van der Waals surface area contributed by atoms with Gasteiger partial charge in [0.15, 0.2) is 5.12 Å². The van der Waals surface area contributed by atoms with Gasteiger partial charge in [0, 0.05) is 25.8 Å². The van der Waals surface area contributed by atoms with Crippen molar-refractivity contribution < 1.29 is 29.0 Å². The van der Waals surface area contributed by atoms with Crippen LogP contribution in [0.25, 0.3) is 0 Å². The lowest BCUT2D eigenvalue weighted by Crippen LogP contribution is -2.46. The Labute approximate surface area is 158 Å². The Morgan fingerprint density at radius 3 is 2.27 bits per heavy atom. The van der Waals surface area contributed by atoms with E-state index in [4.69, 9.17) is 4.74 Å². The van der Waals surface area contributed by atoms with Crippen molar-refractivity contribution in [2.75, 3.05) is 25.4 Å². The molecule has 0 saturated carbocycles. The number of rotatable bonds is 6. The number of amides is 2. The van der Waals surface area contributed by atoms with Crippen LogP contribution in [0.15, 0.2) is 0 Å². The minimum atomic E-state index is -0.907. The van der Waals surface area contributed by atoms with Gasteiger partial charge in [0.25, 0.3) is 0 Å². The van der Waals surface area contributed by atoms with Gasteiger partial charge >= 0.3 is 12.1 Å². The maximum atomic E-state index is 12.2. The number of alkyl carbamates (subject to hydrolysis) is 1. The summed E-state index contributed by atoms with van der Waals surface area (Å²) in [5.41, 5.74) is -0.630. The molecule has 9 heteroatoms. The van der Waals surface area contributed by atoms with Crippen LogP contribution in [0.2, 0.25) is 0 Å². The topological polar surface area (TPSA) is 113 Å². The van der Waals surface area contributed by atoms with Crippen LogP contribution in [-0.2, 0) is 19.1 Å². The number of piperidine rings is 1. The Bertz CT molecular complexity index is 538. The maximum Gasteiger partial charge on any atom is 0.408 e. The van der Waals surface area contributed by atoms with E-state index in [-0.39, 0.29) is 29.2 Å². The average Bonchev–Trinajstić information content (AvgIpc) is 2.51. The summed E-state index contributed by atoms with van der Waals surface area (Å²) in [7, 11) is 0. The van der Waals surface area contributed by atoms with Gasteiger partial charge in [-0.25, -0.2) is 4.79 Å². The Morgan fingerprint density at radius 2 is 1.81 bits per heavy atom. The number of ether oxygens (including phenoxy) is 1. The van der Waals surface area contributed by atoms with Crippen LogP contribution < -0.4 is 5.32 Å². The molecule has 1 atom stereocenters. The summed E-state index contributed by atoms with van der Waals surface area (Å²) in [6.07, 6.45) is 0.481. The smallest absolute Gasteiger partial charge is 0.408 e. The minimum Gasteiger partial charge on any atom is -0.481 e. The first-order valence-corrected chi connectivity index (χ1v) is 9.59. The van der Waals surface area contributed by atoms with Gasteiger partial charge in [-0.1, -0.05) is 11.8 Å². The quantitative estimate of drug-likeness (QED) is 0.712. The highest BCUT2D eigenvalue weighted by molar-refractivity contribution is 8.13. The number of nitrogens with one attached hydrogen (secondary N) is 1. The molecule has 0 radical (unpaired) electrons. The first kappa shape index (κ1) is 22.3. The Hall–Kier alpha value is -1.77. The van der Waals surface area contributed by atoms with E-state index in [0.29, 0.717) is 25.9 Å². The van der Waals surface area contributed by atoms with Crippen LogP contribution in [0, 0.1) is 11.8 Å². The van der Waals surface area contributed by atoms with Crippen LogP contribution in [0.5, 0.6) is 0 Å². The number of carbonyl (C=O) groups excluding carboxylic acids is 3. The fraction of sp³-hybridized carbons (Fsp3) is 0.765. The van der Waals surface area contributed by atoms with Gasteiger partial charge in [0.05, 0.1) is 5.92 Å². The number of likely N-dealkylation sites (tertiary alicyclic amines) is 1. The molecule has 1 unspecified atom stereocenters. The lowest BCUT2D eigenvalue weighted by Gasteiger charge is -2.34. The van der Waals surface area contributed by atoms with Crippen molar-refractivity contribution in [2.45, 2.75) is 46.1 Å². The van der Waals surface area contributed by atoms with E-state index >= 15 is 0 Å². The first-order valence-electron chi connectivity index (χ1n) is 8.60. The maximum absolute atomic E-state index is 12.2. The predicted octanol–water partition coefficient (Wildman–Crippen LogP) is 1.73. The van der Waals surface area contributed by atoms with Crippen LogP contribution >= 0.6 is 11.8 Å². The summed E-state index contributed by atoms with van der Waals surface area (Å²) >= 11 is 1.02. The minimum absolute atomic E-state index is 0.0674. The second-order valence-corrected chi connectivity index (χ2v) is 8.52. The summed E-state index contributed by atoms with van der Waals surface area (Å²) in [6, 6.07) is 0. The lowest BCUT2D eigenvalue weighted by molar-refractivity contribution is -0.143. The standard InChI is InChI=1S/C17H28N2O6S/c1-11(20)26-10-13(15(22)23)12-5-7-19(8-6-12)14(21)9-18-16(24)25-17(2,3)4/h12-13H,5-10H2,1-4H3,(H,18,24)(H,22,23). The van der Waals surface area contributed by atoms with Gasteiger partial charge in [-0.3, -0.25) is 14.4 Å². The molecule has 1 rings (SSSR count). The zero-order valence-corrected chi connectivity index (χ0v) is 16.6. The van der Waals surface area contributed by atoms with E-state index in [1.54, 1.807) is 25.7 Å². The summed E-state index contributed by atoms with van der Waals surface area (Å²) in [5, 5.41) is 11.7. The summed E-state index contributed by atoms with van der Waals surface area (Å²) in [6.45, 7) is 7.36. The van der Waals surface area contributed by atoms with Crippen molar-refractivity contribution in [3.63, 3.8) is 0 Å². The van der Waals surface area contributed by atoms with Gasteiger partial charge in [-0.2, -0.15) is 0 Å². The molecule has 0 aromatic carbocycles. The zero-order valence-electron chi connectivity index (χ0n) is 15.7. The molecule has 0 aliphatic carbocycles. The zero-order chi connectivity index (χ0) is 19.9. The third-order valence-electron chi connectivity index (χ3n) is 4.03. The number of nitrogens with zero attached hydrogens (tertiary/aromatic N) is 1. The molecule has 1 fully saturated rings. The third kappa shape index (κ3) is 8.07. The molecule has 2 N–H and O–H groups in total. The SMILES string of the molecule is CC(=O)SCC(C(=O)O)C1CCN(C(=O)CNC(=O)OC(C)(C)C)CC1. The van der Waals surface area contributed by atoms with E-state index < -0.39 is 23.6 Å². The van der Waals surface area contributed by atoms with Crippen LogP contribution in [-0.4, -0.2) is 64.1 Å². The number of carboxylic acid groups (broad SMARTS) is 1. The Morgan fingerprint density at radius 1 is 1.23 bits per heavy atom. The molecule has 1 aliphatic heterocycles. The molecule has 26 heavy (non-hydrogen) atoms. The monoisotopic (exact) mass is 388 g/mol. The molecular formula is C17H28N2O6S. The molecule has 0 aromatic rings. The van der Waals surface area contributed by atoms with Crippen molar-refractivity contribution >= 4 is 34.8 Å². The van der Waals surface area contributed by atoms with Crippen molar-refractivity contribution in [3.05, 3.63) is 0 Å². The fourth-order valence-electron chi connectivity index (χ4n) is 2.74. The summed E-state index contributed by atoms with van der Waals surface area (Å²) < 4.78 is 5.08. The second-order valence-electron chi connectivity index (χ2n) is 7.32. The van der Waals surface area contributed by atoms with E-state index in [1.807, 2.05) is 0 Å². The van der Waals surface area contributed by atoms with Gasteiger partial charge in [0.1, 0.15) is 12.1 Å². The van der Waals surface area contributed by atoms with Crippen LogP contribution in [0.3, 0.4) is 0 Å². The molecule has 0 aromatic heterocycles. The fourth-order valence-corrected chi connectivity index (χ4v) is 3.57. The number of hydrogen-bond acceptors (Lipinski definition) is 6. The van der Waals surface area contributed by atoms with E-state index in [2.05, 4.69) is 5.32 Å². The molecule has 148 valence electrons. The van der Waals surface area contributed by atoms with E-state index in [9.17, 15) is 24.3 Å². The van der Waals surface area contributed by atoms with E-state index in [1.165, 1.54) is 6.92 Å². The molecule has 0 spiro atoms. The average molecular weight is 388 g/mol. The number of thioether (sulfide) groups is 1. The predicted molar refractivity (Wildman–Crippen MR) is 97.8 cm³/mol. The van der Waals surface area contributed by atoms with Gasteiger partial charge in [-0.15, -0.1) is 0 Å². The van der Waals surface area contributed by atoms with Gasteiger partial charge in [0.2, 0.25) is 5.91 Å². The highest BCUT2D eigenvalue weighted by Gasteiger charge is 2.33. The highest BCUT2D eigenvalue weighted by atomic mass is 32.2. The van der Waals surface area contributed by atoms with Gasteiger partial charge < -0.3 is 20.1 Å². The Kier molecular flexibility index (Phi) is 8.39. The molecule has 0 bridgehead atoms. The van der Waals surface area contributed by atoms with Crippen LogP contribution in [0.1, 0.15) is 40.5 Å². The number of hydrogen-bond donors (Lipinski definition) is 2. The number of carboxylic acids is 1. The van der Waals surface area contributed by atoms with Crippen molar-refractivity contribution in [1.29, 1.82) is 0 Å². The molecule has 1 saturated heterocycles. The molecular weight excluding hydrogens is 360 g/mol. The Balaban J connectivity index is 2.44. The molecule has 1 aliphatic rings. The normalized spacial score (nSPS) is 16.7. The highest BCUT2D eigenvalue weighted by Crippen LogP contribution is 2.28. The first-order chi connectivity index (χ1) is 12.0. The number of carbonyl (C=O) groups is 4. The summed E-state index contributed by atoms with van der Waals surface area (Å²) in [4.78, 5) is 47.9. The van der Waals surface area contributed by atoms with Crippen molar-refractivity contribution in [1.82, 2.24) is 10.2 Å². The lowest BCUT2D eigenvalue weighted by atomic mass is 9.85. The largest absolute Gasteiger partial charge is 0.481 e. The van der Waals surface area contributed by atoms with Crippen LogP contribution in [0.4, 0.5) is 4.79 Å². The molecule has 2 amide bonds. The molecule has 1 heterocycles. The molecule has 8 nitrogen and oxygen atoms in total. The van der Waals surface area contributed by atoms with Gasteiger partial charge in [-0.05, 0) is 39.5 Å². The second kappa shape index (κ2) is 9.80. The van der Waals surface area contributed by atoms with Crippen molar-refractivity contribution in [3.8, 4) is 0 Å². The summed E-state index contributed by atoms with van der Waals surface area (Å²) in [5.74, 6) is -1.54. The number of aliphatic carboxylic acids is 1. The van der Waals surface area contributed by atoms with Crippen molar-refractivity contribution in [2.24, 2.45) is 11.8 Å². The third-order valence-corrected chi connectivity index (χ3v) is 4.96.